The molecule has 12 nitrogen and oxygen atoms in total. The van der Waals surface area contributed by atoms with E-state index in [0.29, 0.717) is 36.1 Å². The summed E-state index contributed by atoms with van der Waals surface area (Å²) in [6.07, 6.45) is 6.18. The van der Waals surface area contributed by atoms with E-state index in [2.05, 4.69) is 43.6 Å². The largest absolute Gasteiger partial charge is 0.370 e. The van der Waals surface area contributed by atoms with E-state index >= 15 is 0 Å². The zero-order valence-electron chi connectivity index (χ0n) is 27.2. The Hall–Kier alpha value is -5.78. The van der Waals surface area contributed by atoms with Gasteiger partial charge in [-0.15, -0.1) is 0 Å². The van der Waals surface area contributed by atoms with Gasteiger partial charge in [0.05, 0.1) is 35.9 Å². The van der Waals surface area contributed by atoms with Crippen molar-refractivity contribution in [2.45, 2.75) is 26.9 Å². The number of carbonyl (C=O) groups is 2. The summed E-state index contributed by atoms with van der Waals surface area (Å²) in [7, 11) is 0. The molecule has 6 rings (SSSR count). The van der Waals surface area contributed by atoms with Crippen molar-refractivity contribution in [1.82, 2.24) is 19.8 Å². The van der Waals surface area contributed by atoms with Gasteiger partial charge in [0.25, 0.3) is 0 Å². The number of nitrogens with one attached hydrogen (secondary N) is 2. The van der Waals surface area contributed by atoms with Crippen molar-refractivity contribution in [3.05, 3.63) is 97.3 Å². The van der Waals surface area contributed by atoms with Gasteiger partial charge in [0.2, 0.25) is 0 Å². The third kappa shape index (κ3) is 7.43. The third-order valence-electron chi connectivity index (χ3n) is 8.07. The number of aryl methyl sites for hydroxylation is 2. The van der Waals surface area contributed by atoms with Crippen molar-refractivity contribution in [3.63, 3.8) is 0 Å². The lowest BCUT2D eigenvalue weighted by Gasteiger charge is -2.26. The Morgan fingerprint density at radius 3 is 1.52 bits per heavy atom. The van der Waals surface area contributed by atoms with E-state index in [-0.39, 0.29) is 13.1 Å². The summed E-state index contributed by atoms with van der Waals surface area (Å²) in [5.74, 6) is -0.0563. The molecule has 2 aromatic carbocycles. The second-order valence-electron chi connectivity index (χ2n) is 11.1. The molecule has 0 radical (unpaired) electrons. The Morgan fingerprint density at radius 2 is 1.12 bits per heavy atom. The molecule has 248 valence electrons. The highest BCUT2D eigenvalue weighted by atomic mass is 16.7. The number of hydroxylamine groups is 2. The predicted octanol–water partition coefficient (Wildman–Crippen LogP) is 4.45. The Bertz CT molecular complexity index is 1710. The lowest BCUT2D eigenvalue weighted by atomic mass is 10.1. The summed E-state index contributed by atoms with van der Waals surface area (Å²) in [6.45, 7) is 8.88. The molecule has 48 heavy (non-hydrogen) atoms. The molecule has 0 unspecified atom stereocenters. The van der Waals surface area contributed by atoms with Crippen LogP contribution in [0, 0.1) is 0 Å². The van der Waals surface area contributed by atoms with Crippen molar-refractivity contribution in [1.29, 1.82) is 0 Å². The number of amidine groups is 2. The summed E-state index contributed by atoms with van der Waals surface area (Å²) in [6, 6.07) is 23.5. The first-order chi connectivity index (χ1) is 23.5. The molecule has 2 aliphatic heterocycles. The maximum atomic E-state index is 13.3. The summed E-state index contributed by atoms with van der Waals surface area (Å²) in [4.78, 5) is 47.3. The summed E-state index contributed by atoms with van der Waals surface area (Å²) < 4.78 is 4.24. The van der Waals surface area contributed by atoms with Gasteiger partial charge >= 0.3 is 11.9 Å². The molecule has 0 aliphatic carbocycles. The van der Waals surface area contributed by atoms with Crippen LogP contribution in [0.4, 0.5) is 11.4 Å². The third-order valence-corrected chi connectivity index (χ3v) is 8.07. The quantitative estimate of drug-likeness (QED) is 0.152. The van der Waals surface area contributed by atoms with Crippen LogP contribution in [0.25, 0.3) is 22.5 Å². The van der Waals surface area contributed by atoms with E-state index in [1.165, 1.54) is 10.1 Å². The second kappa shape index (κ2) is 15.2. The molecule has 0 saturated heterocycles. The van der Waals surface area contributed by atoms with E-state index < -0.39 is 11.9 Å². The lowest BCUT2D eigenvalue weighted by Crippen LogP contribution is -2.37. The molecule has 0 amide bonds. The van der Waals surface area contributed by atoms with Crippen molar-refractivity contribution in [2.24, 2.45) is 9.98 Å². The Morgan fingerprint density at radius 1 is 0.688 bits per heavy atom. The van der Waals surface area contributed by atoms with Crippen LogP contribution in [0.3, 0.4) is 0 Å². The van der Waals surface area contributed by atoms with Crippen LogP contribution in [0.2, 0.25) is 0 Å². The fraction of sp³-hybridized carbons (Fsp3) is 0.278. The van der Waals surface area contributed by atoms with Crippen molar-refractivity contribution < 1.29 is 19.3 Å². The highest BCUT2D eigenvalue weighted by Gasteiger charge is 2.23. The average molecular weight is 649 g/mol. The van der Waals surface area contributed by atoms with Crippen LogP contribution in [0.15, 0.2) is 107 Å². The van der Waals surface area contributed by atoms with Crippen molar-refractivity contribution >= 4 is 35.0 Å². The van der Waals surface area contributed by atoms with Gasteiger partial charge in [-0.25, -0.2) is 9.59 Å². The first-order valence-corrected chi connectivity index (χ1v) is 16.2. The molecule has 0 spiro atoms. The highest BCUT2D eigenvalue weighted by Crippen LogP contribution is 2.33. The van der Waals surface area contributed by atoms with Gasteiger partial charge < -0.3 is 29.4 Å². The van der Waals surface area contributed by atoms with Crippen molar-refractivity contribution in [3.8, 4) is 22.5 Å². The summed E-state index contributed by atoms with van der Waals surface area (Å²) in [5, 5.41) is 9.50. The molecular formula is C36H40N8O4. The molecular weight excluding hydrogens is 608 g/mol. The van der Waals surface area contributed by atoms with Crippen LogP contribution in [-0.2, 0) is 32.4 Å². The molecule has 4 aromatic rings. The van der Waals surface area contributed by atoms with E-state index in [9.17, 15) is 9.59 Å². The standard InChI is InChI=1S/C36H40N8O4/c1-3-41-23-9-15-29(41)27-11-5-7-13-31(27)43(25-33-37-19-20-38-33)47-35(45)17-18-36(46)48-44(26-34-39-21-22-40-34)32-14-8-6-12-28(32)30-16-10-24-42(30)4-2/h5-18,23-24H,3-4,19-22,25-26H2,1-2H3,(H,37,38)(H,39,40)/b18-17+. The molecule has 0 saturated carbocycles. The molecule has 12 heteroatoms. The minimum atomic E-state index is -0.735. The van der Waals surface area contributed by atoms with E-state index in [4.69, 9.17) is 9.68 Å². The number of benzene rings is 2. The Labute approximate surface area is 279 Å². The number of aromatic nitrogens is 2. The molecule has 0 atom stereocenters. The highest BCUT2D eigenvalue weighted by molar-refractivity contribution is 5.95. The van der Waals surface area contributed by atoms with Gasteiger partial charge in [-0.3, -0.25) is 9.98 Å². The summed E-state index contributed by atoms with van der Waals surface area (Å²) in [5.41, 5.74) is 5.15. The maximum Gasteiger partial charge on any atom is 0.356 e. The van der Waals surface area contributed by atoms with Crippen LogP contribution in [0.1, 0.15) is 13.8 Å². The van der Waals surface area contributed by atoms with Gasteiger partial charge in [0.15, 0.2) is 0 Å². The minimum absolute atomic E-state index is 0.215. The lowest BCUT2D eigenvalue weighted by molar-refractivity contribution is -0.141. The monoisotopic (exact) mass is 648 g/mol. The van der Waals surface area contributed by atoms with E-state index in [1.54, 1.807) is 0 Å². The summed E-state index contributed by atoms with van der Waals surface area (Å²) >= 11 is 0. The van der Waals surface area contributed by atoms with Crippen molar-refractivity contribution in [2.75, 3.05) is 49.4 Å². The predicted molar refractivity (Wildman–Crippen MR) is 188 cm³/mol. The minimum Gasteiger partial charge on any atom is -0.370 e. The van der Waals surface area contributed by atoms with Gasteiger partial charge in [0.1, 0.15) is 24.8 Å². The zero-order chi connectivity index (χ0) is 33.3. The molecule has 2 aromatic heterocycles. The first kappa shape index (κ1) is 32.2. The molecule has 2 N–H and O–H groups in total. The fourth-order valence-electron chi connectivity index (χ4n) is 5.81. The number of carbonyl (C=O) groups excluding carboxylic acids is 2. The molecule has 0 bridgehead atoms. The zero-order valence-corrected chi connectivity index (χ0v) is 27.2. The maximum absolute atomic E-state index is 13.3. The van der Waals surface area contributed by atoms with Gasteiger partial charge in [-0.1, -0.05) is 36.4 Å². The number of hydrogen-bond donors (Lipinski definition) is 2. The smallest absolute Gasteiger partial charge is 0.356 e. The number of anilines is 2. The Balaban J connectivity index is 1.22. The van der Waals surface area contributed by atoms with E-state index in [0.717, 1.165) is 60.8 Å². The molecule has 4 heterocycles. The van der Waals surface area contributed by atoms with Gasteiger partial charge in [-0.05, 0) is 50.2 Å². The normalized spacial score (nSPS) is 13.9. The topological polar surface area (TPSA) is 118 Å². The number of aliphatic imine (C=N–C) groups is 2. The Kier molecular flexibility index (Phi) is 10.2. The number of para-hydroxylation sites is 2. The van der Waals surface area contributed by atoms with E-state index in [1.807, 2.05) is 85.2 Å². The van der Waals surface area contributed by atoms with Crippen LogP contribution in [0.5, 0.6) is 0 Å². The molecule has 0 fully saturated rings. The second-order valence-corrected chi connectivity index (χ2v) is 11.1. The van der Waals surface area contributed by atoms with Crippen LogP contribution >= 0.6 is 0 Å². The number of rotatable bonds is 14. The number of hydrogen-bond acceptors (Lipinski definition) is 10. The van der Waals surface area contributed by atoms with Crippen LogP contribution in [-0.4, -0.2) is 72.0 Å². The van der Waals surface area contributed by atoms with Gasteiger partial charge in [-0.2, -0.15) is 10.1 Å². The molecule has 2 aliphatic rings. The average Bonchev–Trinajstić information content (AvgIpc) is 3.95. The van der Waals surface area contributed by atoms with Crippen LogP contribution < -0.4 is 20.8 Å². The number of nitrogens with zero attached hydrogens (tertiary/aromatic N) is 6. The fourth-order valence-corrected chi connectivity index (χ4v) is 5.81. The first-order valence-electron chi connectivity index (χ1n) is 16.2. The van der Waals surface area contributed by atoms with Gasteiger partial charge in [0, 0.05) is 61.9 Å². The SMILES string of the molecule is CCn1cccc1-c1ccccc1N(CC1=NCCN1)OC(=O)/C=C/C(=O)ON(CC1=NCCN1)c1ccccc1-c1cccn1CC.